The van der Waals surface area contributed by atoms with E-state index in [4.69, 9.17) is 4.74 Å². The highest BCUT2D eigenvalue weighted by Gasteiger charge is 2.26. The lowest BCUT2D eigenvalue weighted by Crippen LogP contribution is -2.11. The summed E-state index contributed by atoms with van der Waals surface area (Å²) < 4.78 is 7.07. The minimum Gasteiger partial charge on any atom is -0.454 e. The molecule has 0 N–H and O–H groups in total. The van der Waals surface area contributed by atoms with Crippen LogP contribution in [0.4, 0.5) is 17.1 Å². The van der Waals surface area contributed by atoms with E-state index in [0.29, 0.717) is 0 Å². The Kier molecular flexibility index (Phi) is 6.84. The van der Waals surface area contributed by atoms with Crippen LogP contribution in [-0.2, 0) is 0 Å². The van der Waals surface area contributed by atoms with Gasteiger partial charge in [-0.2, -0.15) is 0 Å². The summed E-state index contributed by atoms with van der Waals surface area (Å²) >= 11 is 0. The number of anilines is 3. The van der Waals surface area contributed by atoms with Gasteiger partial charge < -0.3 is 9.64 Å². The van der Waals surface area contributed by atoms with Gasteiger partial charge in [-0.05, 0) is 86.6 Å². The van der Waals surface area contributed by atoms with E-state index >= 15 is 0 Å². The maximum absolute atomic E-state index is 7.07. The Labute approximate surface area is 280 Å². The number of fused-ring (bicyclic) bond motifs is 6. The number of hydrogen-bond donors (Lipinski definition) is 0. The molecule has 1 aliphatic heterocycles. The van der Waals surface area contributed by atoms with Crippen molar-refractivity contribution in [2.75, 3.05) is 4.90 Å². The molecule has 1 aliphatic rings. The van der Waals surface area contributed by atoms with Gasteiger partial charge >= 0.3 is 0 Å². The second kappa shape index (κ2) is 11.8. The Morgan fingerprint density at radius 1 is 0.333 bits per heavy atom. The van der Waals surface area contributed by atoms with Gasteiger partial charge in [-0.1, -0.05) is 146 Å². The Balaban J connectivity index is 1.25. The van der Waals surface area contributed by atoms with Gasteiger partial charge in [0.05, 0.1) is 5.69 Å². The Hall–Kier alpha value is -6.38. The highest BCUT2D eigenvalue weighted by atomic mass is 16.5. The van der Waals surface area contributed by atoms with E-state index in [2.05, 4.69) is 193 Å². The first kappa shape index (κ1) is 27.9. The molecule has 0 aromatic heterocycles. The smallest absolute Gasteiger partial charge is 0.159 e. The fourth-order valence-electron chi connectivity index (χ4n) is 6.90. The van der Waals surface area contributed by atoms with Gasteiger partial charge in [0.15, 0.2) is 5.75 Å². The van der Waals surface area contributed by atoms with E-state index in [1.54, 1.807) is 0 Å². The van der Waals surface area contributed by atoms with Crippen molar-refractivity contribution in [1.82, 2.24) is 0 Å². The van der Waals surface area contributed by atoms with Crippen LogP contribution >= 0.6 is 0 Å². The first-order chi connectivity index (χ1) is 23.8. The molecule has 1 heterocycles. The molecule has 0 spiro atoms. The molecule has 226 valence electrons. The molecule has 0 saturated carbocycles. The molecule has 8 aromatic rings. The fourth-order valence-corrected chi connectivity index (χ4v) is 6.90. The fraction of sp³-hybridized carbons (Fsp3) is 0. The van der Waals surface area contributed by atoms with E-state index < -0.39 is 0 Å². The molecule has 0 atom stereocenters. The molecule has 0 amide bonds. The second-order valence-electron chi connectivity index (χ2n) is 12.2. The van der Waals surface area contributed by atoms with Crippen LogP contribution in [0.5, 0.6) is 11.5 Å². The SMILES string of the molecule is c1ccc(-c2ccc(N(c3ccc4ccccc4c3)c3cccc4c3Oc3ccc(-c5ccccc5)cc3-c3ccccc3-4)cc2)cc1. The first-order valence-corrected chi connectivity index (χ1v) is 16.3. The van der Waals surface area contributed by atoms with Crippen LogP contribution in [0.25, 0.3) is 55.3 Å². The van der Waals surface area contributed by atoms with Gasteiger partial charge in [0, 0.05) is 22.5 Å². The number of ether oxygens (including phenoxy) is 1. The molecular weight excluding hydrogens is 583 g/mol. The quantitative estimate of drug-likeness (QED) is 0.191. The van der Waals surface area contributed by atoms with Crippen molar-refractivity contribution in [3.63, 3.8) is 0 Å². The maximum Gasteiger partial charge on any atom is 0.159 e. The minimum atomic E-state index is 0.830. The Morgan fingerprint density at radius 2 is 0.896 bits per heavy atom. The topological polar surface area (TPSA) is 12.5 Å². The summed E-state index contributed by atoms with van der Waals surface area (Å²) in [5, 5.41) is 2.40. The lowest BCUT2D eigenvalue weighted by atomic mass is 9.92. The summed E-state index contributed by atoms with van der Waals surface area (Å²) in [5.74, 6) is 1.67. The summed E-state index contributed by atoms with van der Waals surface area (Å²) in [7, 11) is 0. The molecule has 0 aliphatic carbocycles. The molecule has 48 heavy (non-hydrogen) atoms. The van der Waals surface area contributed by atoms with Crippen LogP contribution in [0.15, 0.2) is 188 Å². The second-order valence-corrected chi connectivity index (χ2v) is 12.2. The highest BCUT2D eigenvalue weighted by Crippen LogP contribution is 2.53. The van der Waals surface area contributed by atoms with Crippen molar-refractivity contribution in [3.05, 3.63) is 188 Å². The minimum absolute atomic E-state index is 0.830. The van der Waals surface area contributed by atoms with E-state index in [9.17, 15) is 0 Å². The van der Waals surface area contributed by atoms with E-state index in [-0.39, 0.29) is 0 Å². The summed E-state index contributed by atoms with van der Waals surface area (Å²) in [6.07, 6.45) is 0. The van der Waals surface area contributed by atoms with Crippen molar-refractivity contribution in [2.45, 2.75) is 0 Å². The van der Waals surface area contributed by atoms with Crippen molar-refractivity contribution >= 4 is 27.8 Å². The van der Waals surface area contributed by atoms with Crippen molar-refractivity contribution in [2.24, 2.45) is 0 Å². The molecule has 2 heteroatoms. The van der Waals surface area contributed by atoms with Crippen molar-refractivity contribution in [1.29, 1.82) is 0 Å². The number of benzene rings is 8. The predicted octanol–water partition coefficient (Wildman–Crippen LogP) is 13.1. The van der Waals surface area contributed by atoms with E-state index in [1.165, 1.54) is 27.5 Å². The largest absolute Gasteiger partial charge is 0.454 e. The van der Waals surface area contributed by atoms with Gasteiger partial charge in [0.25, 0.3) is 0 Å². The highest BCUT2D eigenvalue weighted by molar-refractivity contribution is 5.97. The Bertz CT molecular complexity index is 2410. The summed E-state index contributed by atoms with van der Waals surface area (Å²) in [6.45, 7) is 0. The zero-order valence-electron chi connectivity index (χ0n) is 26.3. The molecular formula is C46H31NO. The predicted molar refractivity (Wildman–Crippen MR) is 200 cm³/mol. The molecule has 9 rings (SSSR count). The number of nitrogens with zero attached hydrogens (tertiary/aromatic N) is 1. The van der Waals surface area contributed by atoms with E-state index in [0.717, 1.165) is 56.4 Å². The molecule has 0 unspecified atom stereocenters. The lowest BCUT2D eigenvalue weighted by molar-refractivity contribution is 0.489. The maximum atomic E-state index is 7.07. The molecule has 0 radical (unpaired) electrons. The first-order valence-electron chi connectivity index (χ1n) is 16.3. The van der Waals surface area contributed by atoms with Gasteiger partial charge in [-0.3, -0.25) is 0 Å². The zero-order chi connectivity index (χ0) is 31.9. The standard InChI is InChI=1S/C46H31NO/c1-3-12-32(13-4-1)35-22-26-38(27-23-35)47(39-28-24-34-16-7-8-17-36(34)30-39)44-21-11-20-42-40-18-9-10-19-41(40)43-31-37(33-14-5-2-6-15-33)25-29-45(43)48-46(42)44/h1-31H. The van der Waals surface area contributed by atoms with Gasteiger partial charge in [-0.25, -0.2) is 0 Å². The average molecular weight is 614 g/mol. The summed E-state index contributed by atoms with van der Waals surface area (Å²) in [4.78, 5) is 2.33. The summed E-state index contributed by atoms with van der Waals surface area (Å²) in [6, 6.07) is 66.8. The van der Waals surface area contributed by atoms with Crippen LogP contribution in [-0.4, -0.2) is 0 Å². The van der Waals surface area contributed by atoms with Crippen molar-refractivity contribution < 1.29 is 4.74 Å². The number of rotatable bonds is 5. The van der Waals surface area contributed by atoms with Crippen LogP contribution in [0.2, 0.25) is 0 Å². The van der Waals surface area contributed by atoms with Crippen molar-refractivity contribution in [3.8, 4) is 56.0 Å². The van der Waals surface area contributed by atoms with Crippen LogP contribution in [0.1, 0.15) is 0 Å². The van der Waals surface area contributed by atoms with Crippen LogP contribution in [0, 0.1) is 0 Å². The Morgan fingerprint density at radius 3 is 1.65 bits per heavy atom. The summed E-state index contributed by atoms with van der Waals surface area (Å²) in [5.41, 5.74) is 12.3. The monoisotopic (exact) mass is 613 g/mol. The number of hydrogen-bond acceptors (Lipinski definition) is 2. The van der Waals surface area contributed by atoms with Gasteiger partial charge in [0.2, 0.25) is 0 Å². The van der Waals surface area contributed by atoms with Gasteiger partial charge in [0.1, 0.15) is 5.75 Å². The van der Waals surface area contributed by atoms with Crippen LogP contribution in [0.3, 0.4) is 0 Å². The normalized spacial score (nSPS) is 11.5. The molecule has 0 bridgehead atoms. The molecule has 0 fully saturated rings. The van der Waals surface area contributed by atoms with Gasteiger partial charge in [-0.15, -0.1) is 0 Å². The van der Waals surface area contributed by atoms with Crippen LogP contribution < -0.4 is 9.64 Å². The third-order valence-electron chi connectivity index (χ3n) is 9.27. The molecule has 8 aromatic carbocycles. The zero-order valence-corrected chi connectivity index (χ0v) is 26.3. The molecule has 0 saturated heterocycles. The van der Waals surface area contributed by atoms with E-state index in [1.807, 2.05) is 0 Å². The lowest BCUT2D eigenvalue weighted by Gasteiger charge is -2.28. The average Bonchev–Trinajstić information content (AvgIpc) is 3.31. The third-order valence-corrected chi connectivity index (χ3v) is 9.27. The molecule has 2 nitrogen and oxygen atoms in total. The number of para-hydroxylation sites is 1. The third kappa shape index (κ3) is 4.92.